The second kappa shape index (κ2) is 10.1. The van der Waals surface area contributed by atoms with Crippen LogP contribution in [0.5, 0.6) is 5.75 Å². The van der Waals surface area contributed by atoms with Crippen LogP contribution in [0.15, 0.2) is 30.5 Å². The lowest BCUT2D eigenvalue weighted by Gasteiger charge is -2.35. The molecule has 1 saturated carbocycles. The number of hydrogen-bond donors (Lipinski definition) is 1. The van der Waals surface area contributed by atoms with Crippen LogP contribution in [-0.2, 0) is 11.3 Å². The molecule has 1 aliphatic rings. The number of rotatable bonds is 11. The first-order valence-electron chi connectivity index (χ1n) is 10.6. The summed E-state index contributed by atoms with van der Waals surface area (Å²) < 4.78 is 11.9. The molecule has 154 valence electrons. The SMILES string of the molecule is CCCCN(C)Cc1cn[nH]c1-c1ccc(OC2CC(OCC(C)C)C2)cc1. The minimum absolute atomic E-state index is 0.276. The van der Waals surface area contributed by atoms with Crippen LogP contribution in [0.1, 0.15) is 52.0 Å². The van der Waals surface area contributed by atoms with Crippen molar-refractivity contribution in [3.8, 4) is 17.0 Å². The van der Waals surface area contributed by atoms with Crippen LogP contribution in [0.4, 0.5) is 0 Å². The molecule has 0 bridgehead atoms. The molecule has 1 aromatic carbocycles. The van der Waals surface area contributed by atoms with E-state index in [4.69, 9.17) is 9.47 Å². The molecular weight excluding hydrogens is 350 g/mol. The number of aromatic amines is 1. The van der Waals surface area contributed by atoms with Crippen molar-refractivity contribution in [2.75, 3.05) is 20.2 Å². The number of aromatic nitrogens is 2. The lowest BCUT2D eigenvalue weighted by Crippen LogP contribution is -2.40. The average molecular weight is 386 g/mol. The quantitative estimate of drug-likeness (QED) is 0.598. The van der Waals surface area contributed by atoms with Gasteiger partial charge in [-0.1, -0.05) is 27.2 Å². The number of nitrogens with zero attached hydrogens (tertiary/aromatic N) is 2. The summed E-state index contributed by atoms with van der Waals surface area (Å²) in [5.74, 6) is 1.52. The third-order valence-electron chi connectivity index (χ3n) is 5.21. The van der Waals surface area contributed by atoms with E-state index < -0.39 is 0 Å². The Labute approximate surface area is 169 Å². The van der Waals surface area contributed by atoms with Gasteiger partial charge in [-0.15, -0.1) is 0 Å². The molecule has 1 aromatic heterocycles. The van der Waals surface area contributed by atoms with Crippen molar-refractivity contribution in [1.29, 1.82) is 0 Å². The van der Waals surface area contributed by atoms with Gasteiger partial charge in [-0.3, -0.25) is 5.10 Å². The summed E-state index contributed by atoms with van der Waals surface area (Å²) in [7, 11) is 2.17. The zero-order valence-corrected chi connectivity index (χ0v) is 17.8. The molecule has 5 nitrogen and oxygen atoms in total. The van der Waals surface area contributed by atoms with E-state index >= 15 is 0 Å². The molecule has 5 heteroatoms. The largest absolute Gasteiger partial charge is 0.490 e. The highest BCUT2D eigenvalue weighted by Gasteiger charge is 2.31. The van der Waals surface area contributed by atoms with Gasteiger partial charge in [-0.05, 0) is 50.2 Å². The zero-order valence-electron chi connectivity index (χ0n) is 17.8. The highest BCUT2D eigenvalue weighted by molar-refractivity contribution is 5.63. The standard InChI is InChI=1S/C23H35N3O2/c1-5-6-11-26(4)15-19-14-24-25-23(19)18-7-9-20(10-8-18)28-22-12-21(13-22)27-16-17(2)3/h7-10,14,17,21-22H,5-6,11-13,15-16H2,1-4H3,(H,24,25). The van der Waals surface area contributed by atoms with Gasteiger partial charge in [0.25, 0.3) is 0 Å². The van der Waals surface area contributed by atoms with Gasteiger partial charge < -0.3 is 14.4 Å². The molecule has 0 amide bonds. The maximum absolute atomic E-state index is 6.08. The molecule has 1 aliphatic carbocycles. The van der Waals surface area contributed by atoms with Crippen LogP contribution >= 0.6 is 0 Å². The van der Waals surface area contributed by atoms with Gasteiger partial charge in [0, 0.05) is 37.1 Å². The van der Waals surface area contributed by atoms with E-state index in [1.54, 1.807) is 0 Å². The van der Waals surface area contributed by atoms with Crippen molar-refractivity contribution in [2.45, 2.75) is 65.2 Å². The summed E-state index contributed by atoms with van der Waals surface area (Å²) >= 11 is 0. The Kier molecular flexibility index (Phi) is 7.51. The summed E-state index contributed by atoms with van der Waals surface area (Å²) in [6.07, 6.45) is 7.00. The highest BCUT2D eigenvalue weighted by Crippen LogP contribution is 2.30. The second-order valence-electron chi connectivity index (χ2n) is 8.45. The number of nitrogens with one attached hydrogen (secondary N) is 1. The van der Waals surface area contributed by atoms with E-state index in [1.165, 1.54) is 18.4 Å². The lowest BCUT2D eigenvalue weighted by atomic mass is 9.91. The summed E-state index contributed by atoms with van der Waals surface area (Å²) in [5, 5.41) is 7.43. The topological polar surface area (TPSA) is 50.4 Å². The summed E-state index contributed by atoms with van der Waals surface area (Å²) in [6.45, 7) is 9.45. The van der Waals surface area contributed by atoms with Gasteiger partial charge in [-0.25, -0.2) is 0 Å². The van der Waals surface area contributed by atoms with E-state index in [-0.39, 0.29) is 6.10 Å². The minimum atomic E-state index is 0.276. The predicted molar refractivity (Wildman–Crippen MR) is 113 cm³/mol. The zero-order chi connectivity index (χ0) is 19.9. The number of benzene rings is 1. The molecule has 2 aromatic rings. The first-order chi connectivity index (χ1) is 13.5. The van der Waals surface area contributed by atoms with Crippen molar-refractivity contribution in [3.05, 3.63) is 36.0 Å². The van der Waals surface area contributed by atoms with Crippen LogP contribution in [0.3, 0.4) is 0 Å². The van der Waals surface area contributed by atoms with E-state index in [0.29, 0.717) is 12.0 Å². The molecule has 3 rings (SSSR count). The van der Waals surface area contributed by atoms with Crippen LogP contribution in [0, 0.1) is 5.92 Å². The Morgan fingerprint density at radius 2 is 1.93 bits per heavy atom. The number of unbranched alkanes of at least 4 members (excludes halogenated alkanes) is 1. The van der Waals surface area contributed by atoms with Crippen molar-refractivity contribution in [2.24, 2.45) is 5.92 Å². The lowest BCUT2D eigenvalue weighted by molar-refractivity contribution is -0.0682. The van der Waals surface area contributed by atoms with E-state index in [2.05, 4.69) is 67.2 Å². The normalized spacial score (nSPS) is 19.2. The first kappa shape index (κ1) is 20.9. The summed E-state index contributed by atoms with van der Waals surface area (Å²) in [4.78, 5) is 2.35. The Hall–Kier alpha value is -1.85. The van der Waals surface area contributed by atoms with Gasteiger partial charge in [0.05, 0.1) is 18.0 Å². The maximum Gasteiger partial charge on any atom is 0.119 e. The Bertz CT molecular complexity index is 705. The van der Waals surface area contributed by atoms with E-state index in [9.17, 15) is 0 Å². The van der Waals surface area contributed by atoms with E-state index in [0.717, 1.165) is 49.5 Å². The molecule has 0 aliphatic heterocycles. The van der Waals surface area contributed by atoms with Gasteiger partial charge >= 0.3 is 0 Å². The molecule has 0 radical (unpaired) electrons. The van der Waals surface area contributed by atoms with Crippen molar-refractivity contribution >= 4 is 0 Å². The van der Waals surface area contributed by atoms with Crippen molar-refractivity contribution < 1.29 is 9.47 Å². The molecule has 0 atom stereocenters. The summed E-state index contributed by atoms with van der Waals surface area (Å²) in [5.41, 5.74) is 3.48. The molecule has 1 N–H and O–H groups in total. The Morgan fingerprint density at radius 3 is 2.61 bits per heavy atom. The van der Waals surface area contributed by atoms with Crippen LogP contribution < -0.4 is 4.74 Å². The van der Waals surface area contributed by atoms with Gasteiger partial charge in [0.2, 0.25) is 0 Å². The fourth-order valence-electron chi connectivity index (χ4n) is 3.45. The third-order valence-corrected chi connectivity index (χ3v) is 5.21. The monoisotopic (exact) mass is 385 g/mol. The van der Waals surface area contributed by atoms with E-state index in [1.807, 2.05) is 6.20 Å². The van der Waals surface area contributed by atoms with Crippen LogP contribution in [-0.4, -0.2) is 47.5 Å². The van der Waals surface area contributed by atoms with Gasteiger partial charge in [-0.2, -0.15) is 5.10 Å². The highest BCUT2D eigenvalue weighted by atomic mass is 16.5. The fraction of sp³-hybridized carbons (Fsp3) is 0.609. The van der Waals surface area contributed by atoms with Crippen LogP contribution in [0.25, 0.3) is 11.3 Å². The third kappa shape index (κ3) is 5.82. The minimum Gasteiger partial charge on any atom is -0.490 e. The number of hydrogen-bond acceptors (Lipinski definition) is 4. The fourth-order valence-corrected chi connectivity index (χ4v) is 3.45. The van der Waals surface area contributed by atoms with Gasteiger partial charge in [0.1, 0.15) is 11.9 Å². The molecule has 1 heterocycles. The first-order valence-corrected chi connectivity index (χ1v) is 10.6. The Morgan fingerprint density at radius 1 is 1.18 bits per heavy atom. The maximum atomic E-state index is 6.08. The number of H-pyrrole nitrogens is 1. The Balaban J connectivity index is 1.51. The molecule has 0 spiro atoms. The molecule has 0 saturated heterocycles. The van der Waals surface area contributed by atoms with Gasteiger partial charge in [0.15, 0.2) is 0 Å². The summed E-state index contributed by atoms with van der Waals surface area (Å²) in [6, 6.07) is 8.35. The molecule has 1 fully saturated rings. The van der Waals surface area contributed by atoms with Crippen molar-refractivity contribution in [1.82, 2.24) is 15.1 Å². The predicted octanol–water partition coefficient (Wildman–Crippen LogP) is 4.89. The average Bonchev–Trinajstić information content (AvgIpc) is 3.10. The molecule has 0 unspecified atom stereocenters. The number of ether oxygens (including phenoxy) is 2. The smallest absolute Gasteiger partial charge is 0.119 e. The van der Waals surface area contributed by atoms with Crippen LogP contribution in [0.2, 0.25) is 0 Å². The second-order valence-corrected chi connectivity index (χ2v) is 8.45. The van der Waals surface area contributed by atoms with Crippen molar-refractivity contribution in [3.63, 3.8) is 0 Å². The molecule has 28 heavy (non-hydrogen) atoms. The molecular formula is C23H35N3O2.